The smallest absolute Gasteiger partial charge is 0.375 e. The average Bonchev–Trinajstić information content (AvgIpc) is 3.37. The molecule has 0 saturated carbocycles. The lowest BCUT2D eigenvalue weighted by Crippen LogP contribution is -2.07. The van der Waals surface area contributed by atoms with Crippen LogP contribution in [-0.2, 0) is 29.3 Å². The van der Waals surface area contributed by atoms with E-state index in [1.54, 1.807) is 37.4 Å². The molecule has 30 heavy (non-hydrogen) atoms. The van der Waals surface area contributed by atoms with Crippen molar-refractivity contribution in [3.8, 4) is 5.75 Å². The first-order valence-electron chi connectivity index (χ1n) is 9.12. The molecule has 0 atom stereocenters. The van der Waals surface area contributed by atoms with E-state index in [1.165, 1.54) is 11.3 Å². The Morgan fingerprint density at radius 2 is 1.90 bits per heavy atom. The number of hydrogen-bond donors (Lipinski definition) is 0. The number of fused-ring (bicyclic) bond motifs is 1. The zero-order valence-electron chi connectivity index (χ0n) is 16.1. The predicted molar refractivity (Wildman–Crippen MR) is 114 cm³/mol. The molecule has 0 aliphatic heterocycles. The normalized spacial score (nSPS) is 11.0. The molecule has 2 aromatic heterocycles. The summed E-state index contributed by atoms with van der Waals surface area (Å²) >= 11 is 7.30. The maximum Gasteiger partial charge on any atom is 0.375 e. The largest absolute Gasteiger partial charge is 0.486 e. The van der Waals surface area contributed by atoms with E-state index >= 15 is 0 Å². The zero-order chi connectivity index (χ0) is 20.9. The number of nitrogens with zero attached hydrogens (tertiary/aromatic N) is 1. The number of halogens is 1. The molecule has 6 nitrogen and oxygen atoms in total. The lowest BCUT2D eigenvalue weighted by molar-refractivity contribution is 0.0428. The van der Waals surface area contributed by atoms with E-state index in [1.807, 2.05) is 23.6 Å². The van der Waals surface area contributed by atoms with Crippen molar-refractivity contribution < 1.29 is 23.4 Å². The van der Waals surface area contributed by atoms with Crippen molar-refractivity contribution in [3.63, 3.8) is 0 Å². The van der Waals surface area contributed by atoms with Crippen LogP contribution in [0.2, 0.25) is 5.02 Å². The van der Waals surface area contributed by atoms with Crippen molar-refractivity contribution in [2.24, 2.45) is 0 Å². The Morgan fingerprint density at radius 1 is 1.10 bits per heavy atom. The summed E-state index contributed by atoms with van der Waals surface area (Å²) in [6, 6.07) is 14.5. The fraction of sp³-hybridized carbons (Fsp3) is 0.182. The molecule has 0 radical (unpaired) electrons. The molecule has 2 heterocycles. The Labute approximate surface area is 182 Å². The van der Waals surface area contributed by atoms with E-state index in [2.05, 4.69) is 4.98 Å². The van der Waals surface area contributed by atoms with E-state index in [9.17, 15) is 4.79 Å². The SMILES string of the molecule is COCc1c(C(=O)OCc2csc(COc3ccc(Cl)cc3)n2)oc2ccccc12. The minimum absolute atomic E-state index is 0.0414. The highest BCUT2D eigenvalue weighted by Gasteiger charge is 2.22. The minimum atomic E-state index is -0.551. The molecule has 0 unspecified atom stereocenters. The number of furan rings is 1. The first-order valence-corrected chi connectivity index (χ1v) is 10.4. The van der Waals surface area contributed by atoms with Gasteiger partial charge in [-0.05, 0) is 30.3 Å². The van der Waals surface area contributed by atoms with Gasteiger partial charge in [-0.3, -0.25) is 0 Å². The lowest BCUT2D eigenvalue weighted by atomic mass is 10.1. The average molecular weight is 444 g/mol. The summed E-state index contributed by atoms with van der Waals surface area (Å²) < 4.78 is 22.0. The number of hydrogen-bond acceptors (Lipinski definition) is 7. The fourth-order valence-corrected chi connectivity index (χ4v) is 3.73. The molecule has 0 amide bonds. The molecule has 0 aliphatic rings. The molecule has 8 heteroatoms. The third-order valence-electron chi connectivity index (χ3n) is 4.30. The number of esters is 1. The van der Waals surface area contributed by atoms with Crippen molar-refractivity contribution in [1.29, 1.82) is 0 Å². The molecule has 0 aliphatic carbocycles. The van der Waals surface area contributed by atoms with E-state index < -0.39 is 5.97 Å². The molecule has 4 rings (SSSR count). The van der Waals surface area contributed by atoms with Gasteiger partial charge in [0.15, 0.2) is 0 Å². The van der Waals surface area contributed by atoms with Crippen molar-refractivity contribution in [2.45, 2.75) is 19.8 Å². The first kappa shape index (κ1) is 20.4. The van der Waals surface area contributed by atoms with Crippen molar-refractivity contribution in [1.82, 2.24) is 4.98 Å². The molecule has 2 aromatic carbocycles. The lowest BCUT2D eigenvalue weighted by Gasteiger charge is -2.04. The highest BCUT2D eigenvalue weighted by atomic mass is 35.5. The number of ether oxygens (including phenoxy) is 3. The third kappa shape index (κ3) is 4.64. The van der Waals surface area contributed by atoms with Crippen molar-refractivity contribution in [2.75, 3.05) is 7.11 Å². The second kappa shape index (κ2) is 9.30. The van der Waals surface area contributed by atoms with Crippen LogP contribution in [0.25, 0.3) is 11.0 Å². The summed E-state index contributed by atoms with van der Waals surface area (Å²) in [4.78, 5) is 17.0. The van der Waals surface area contributed by atoms with Crippen LogP contribution in [0.3, 0.4) is 0 Å². The number of aromatic nitrogens is 1. The van der Waals surface area contributed by atoms with Gasteiger partial charge in [0.05, 0.1) is 12.3 Å². The van der Waals surface area contributed by atoms with Gasteiger partial charge in [0.1, 0.15) is 29.6 Å². The molecule has 0 bridgehead atoms. The zero-order valence-corrected chi connectivity index (χ0v) is 17.7. The Bertz CT molecular complexity index is 1150. The highest BCUT2D eigenvalue weighted by molar-refractivity contribution is 7.09. The summed E-state index contributed by atoms with van der Waals surface area (Å²) in [5, 5.41) is 4.10. The van der Waals surface area contributed by atoms with Crippen LogP contribution in [0.15, 0.2) is 58.3 Å². The van der Waals surface area contributed by atoms with Gasteiger partial charge in [-0.1, -0.05) is 29.8 Å². The number of para-hydroxylation sites is 1. The second-order valence-electron chi connectivity index (χ2n) is 6.39. The molecular formula is C22H18ClNO5S. The van der Waals surface area contributed by atoms with Crippen molar-refractivity contribution >= 4 is 39.9 Å². The standard InChI is InChI=1S/C22H18ClNO5S/c1-26-11-18-17-4-2-3-5-19(17)29-21(18)22(25)28-10-15-13-30-20(24-15)12-27-16-8-6-14(23)7-9-16/h2-9,13H,10-12H2,1H3. The van der Waals surface area contributed by atoms with Crippen LogP contribution >= 0.6 is 22.9 Å². The van der Waals surface area contributed by atoms with Gasteiger partial charge < -0.3 is 18.6 Å². The van der Waals surface area contributed by atoms with Gasteiger partial charge in [0.25, 0.3) is 0 Å². The Kier molecular flexibility index (Phi) is 6.32. The molecule has 154 valence electrons. The molecular weight excluding hydrogens is 426 g/mol. The number of carbonyl (C=O) groups excluding carboxylic acids is 1. The molecule has 0 fully saturated rings. The minimum Gasteiger partial charge on any atom is -0.486 e. The van der Waals surface area contributed by atoms with Crippen LogP contribution in [-0.4, -0.2) is 18.1 Å². The van der Waals surface area contributed by atoms with Gasteiger partial charge in [0.2, 0.25) is 5.76 Å². The monoisotopic (exact) mass is 443 g/mol. The van der Waals surface area contributed by atoms with Crippen LogP contribution in [0.1, 0.15) is 26.8 Å². The highest BCUT2D eigenvalue weighted by Crippen LogP contribution is 2.27. The molecule has 0 N–H and O–H groups in total. The second-order valence-corrected chi connectivity index (χ2v) is 7.77. The molecule has 0 saturated heterocycles. The van der Waals surface area contributed by atoms with Gasteiger partial charge in [0, 0.05) is 28.5 Å². The van der Waals surface area contributed by atoms with Crippen LogP contribution in [0.5, 0.6) is 5.75 Å². The van der Waals surface area contributed by atoms with E-state index in [4.69, 9.17) is 30.2 Å². The quantitative estimate of drug-likeness (QED) is 0.329. The summed E-state index contributed by atoms with van der Waals surface area (Å²) in [5.41, 5.74) is 1.94. The van der Waals surface area contributed by atoms with Crippen molar-refractivity contribution in [3.05, 3.63) is 81.0 Å². The molecule has 4 aromatic rings. The number of thiazole rings is 1. The van der Waals surface area contributed by atoms with Gasteiger partial charge >= 0.3 is 5.97 Å². The maximum atomic E-state index is 12.6. The first-order chi connectivity index (χ1) is 14.6. The van der Waals surface area contributed by atoms with Gasteiger partial charge in [-0.25, -0.2) is 9.78 Å². The maximum absolute atomic E-state index is 12.6. The summed E-state index contributed by atoms with van der Waals surface area (Å²) in [7, 11) is 1.57. The topological polar surface area (TPSA) is 70.8 Å². The van der Waals surface area contributed by atoms with E-state index in [-0.39, 0.29) is 19.0 Å². The summed E-state index contributed by atoms with van der Waals surface area (Å²) in [6.45, 7) is 0.617. The number of methoxy groups -OCH3 is 1. The Balaban J connectivity index is 1.38. The number of benzene rings is 2. The third-order valence-corrected chi connectivity index (χ3v) is 5.42. The van der Waals surface area contributed by atoms with Crippen LogP contribution in [0, 0.1) is 0 Å². The van der Waals surface area contributed by atoms with Crippen LogP contribution in [0.4, 0.5) is 0 Å². The Hall–Kier alpha value is -2.87. The van der Waals surface area contributed by atoms with E-state index in [0.29, 0.717) is 34.2 Å². The number of rotatable bonds is 8. The van der Waals surface area contributed by atoms with Gasteiger partial charge in [-0.2, -0.15) is 0 Å². The molecule has 0 spiro atoms. The predicted octanol–water partition coefficient (Wildman–Crippen LogP) is 5.63. The summed E-state index contributed by atoms with van der Waals surface area (Å²) in [6.07, 6.45) is 0. The summed E-state index contributed by atoms with van der Waals surface area (Å²) in [5.74, 6) is 0.308. The van der Waals surface area contributed by atoms with Gasteiger partial charge in [-0.15, -0.1) is 11.3 Å². The fourth-order valence-electron chi connectivity index (χ4n) is 2.91. The van der Waals surface area contributed by atoms with Crippen LogP contribution < -0.4 is 4.74 Å². The Morgan fingerprint density at radius 3 is 2.70 bits per heavy atom. The number of carbonyl (C=O) groups is 1. The van der Waals surface area contributed by atoms with E-state index in [0.717, 1.165) is 10.4 Å².